The maximum absolute atomic E-state index is 2.63. The Bertz CT molecular complexity index is 5350. The van der Waals surface area contributed by atoms with Gasteiger partial charge in [-0.2, -0.15) is 0 Å². The van der Waals surface area contributed by atoms with Crippen LogP contribution in [0, 0.1) is 6.92 Å². The fourth-order valence-corrected chi connectivity index (χ4v) is 15.7. The van der Waals surface area contributed by atoms with Gasteiger partial charge in [0.25, 0.3) is 0 Å². The van der Waals surface area contributed by atoms with E-state index in [0.717, 1.165) is 30.6 Å². The predicted octanol–water partition coefficient (Wildman–Crippen LogP) is 21.9. The van der Waals surface area contributed by atoms with Crippen LogP contribution in [-0.2, 0) is 36.5 Å². The summed E-state index contributed by atoms with van der Waals surface area (Å²) in [6.45, 7) is 12.1. The third-order valence-electron chi connectivity index (χ3n) is 21.3. The Morgan fingerprint density at radius 1 is 0.318 bits per heavy atom. The summed E-state index contributed by atoms with van der Waals surface area (Å²) in [7, 11) is 0. The SMILES string of the molecule is CCC(C)(c1cc(-c2cccc(C(C)(CC)c3ccc4c(c3)CC4)c2C)cc(-n2c3ccccc3c3ccc4c(c5ccccc5n4-c4ccc5c(c4)c4ccccc4n5-c4cccc(-c5cccc(-c6ccccc6)c5)c4)c32)c1)c1ccc2c(c1)CC2. The van der Waals surface area contributed by atoms with Crippen LogP contribution in [0.15, 0.2) is 255 Å². The average molecular weight is 1130 g/mol. The fourth-order valence-electron chi connectivity index (χ4n) is 15.7. The van der Waals surface area contributed by atoms with Gasteiger partial charge < -0.3 is 13.7 Å². The van der Waals surface area contributed by atoms with Gasteiger partial charge in [-0.1, -0.05) is 210 Å². The van der Waals surface area contributed by atoms with Crippen molar-refractivity contribution in [1.82, 2.24) is 13.7 Å². The van der Waals surface area contributed by atoms with Gasteiger partial charge in [0.2, 0.25) is 0 Å². The lowest BCUT2D eigenvalue weighted by atomic mass is 9.69. The van der Waals surface area contributed by atoms with Crippen LogP contribution in [0.5, 0.6) is 0 Å². The van der Waals surface area contributed by atoms with E-state index in [-0.39, 0.29) is 10.8 Å². The first-order chi connectivity index (χ1) is 43.2. The molecular weight excluding hydrogens is 1060 g/mol. The van der Waals surface area contributed by atoms with E-state index in [1.807, 2.05) is 0 Å². The molecule has 0 saturated heterocycles. The molecule has 0 bridgehead atoms. The summed E-state index contributed by atoms with van der Waals surface area (Å²) in [6.07, 6.45) is 6.68. The zero-order chi connectivity index (χ0) is 59.0. The molecule has 0 aliphatic heterocycles. The van der Waals surface area contributed by atoms with Gasteiger partial charge in [-0.3, -0.25) is 0 Å². The van der Waals surface area contributed by atoms with Crippen LogP contribution < -0.4 is 0 Å². The third kappa shape index (κ3) is 7.88. The standard InChI is InChI=1S/C85H69N3/c1-6-84(4,64-40-38-56-34-36-61(56)47-64)66-49-63(70-29-19-30-76(54(70)3)85(5,7-2)65-41-39-57-35-37-62(57)48-65)51-69(52-66)88-78-32-15-11-26-71(78)73-43-45-81-82(83(73)88)74-28-13-16-33-79(74)87(81)68-42-44-80-75(53-68)72-27-12-14-31-77(72)86(80)67-25-18-24-60(50-67)59-23-17-22-58(46-59)55-20-9-8-10-21-55/h8-33,38-53H,6-7,34-37H2,1-5H3. The second kappa shape index (κ2) is 20.1. The molecule has 88 heavy (non-hydrogen) atoms. The predicted molar refractivity (Wildman–Crippen MR) is 372 cm³/mol. The van der Waals surface area contributed by atoms with Crippen molar-refractivity contribution in [3.63, 3.8) is 0 Å². The highest BCUT2D eigenvalue weighted by Crippen LogP contribution is 2.48. The number of hydrogen-bond acceptors (Lipinski definition) is 0. The van der Waals surface area contributed by atoms with E-state index in [0.29, 0.717) is 0 Å². The minimum Gasteiger partial charge on any atom is -0.309 e. The summed E-state index contributed by atoms with van der Waals surface area (Å²) < 4.78 is 7.61. The zero-order valence-electron chi connectivity index (χ0n) is 50.8. The Morgan fingerprint density at radius 3 is 1.52 bits per heavy atom. The number of fused-ring (bicyclic) bond motifs is 12. The van der Waals surface area contributed by atoms with E-state index in [9.17, 15) is 0 Å². The van der Waals surface area contributed by atoms with Crippen LogP contribution in [0.2, 0.25) is 0 Å². The smallest absolute Gasteiger partial charge is 0.0641 e. The van der Waals surface area contributed by atoms with Gasteiger partial charge in [0, 0.05) is 60.2 Å². The van der Waals surface area contributed by atoms with Crippen LogP contribution in [0.1, 0.15) is 90.6 Å². The van der Waals surface area contributed by atoms with Gasteiger partial charge in [0.1, 0.15) is 0 Å². The molecule has 12 aromatic carbocycles. The number of aromatic nitrogens is 3. The molecule has 15 aromatic rings. The molecule has 2 aliphatic carbocycles. The minimum absolute atomic E-state index is 0.147. The van der Waals surface area contributed by atoms with Crippen LogP contribution in [0.25, 0.3) is 116 Å². The van der Waals surface area contributed by atoms with Crippen molar-refractivity contribution >= 4 is 65.4 Å². The molecule has 0 amide bonds. The highest BCUT2D eigenvalue weighted by Gasteiger charge is 2.34. The Labute approximate surface area is 515 Å². The summed E-state index contributed by atoms with van der Waals surface area (Å²) in [5.41, 5.74) is 30.5. The molecule has 0 N–H and O–H groups in total. The number of aryl methyl sites for hydroxylation is 4. The summed E-state index contributed by atoms with van der Waals surface area (Å²) in [4.78, 5) is 0. The molecule has 2 aliphatic rings. The lowest BCUT2D eigenvalue weighted by molar-refractivity contribution is 0.544. The normalized spacial score (nSPS) is 14.3. The van der Waals surface area contributed by atoms with Gasteiger partial charge in [0.15, 0.2) is 0 Å². The van der Waals surface area contributed by atoms with Gasteiger partial charge in [0.05, 0.1) is 33.1 Å². The van der Waals surface area contributed by atoms with Crippen molar-refractivity contribution in [3.8, 4) is 50.4 Å². The Morgan fingerprint density at radius 2 is 0.841 bits per heavy atom. The molecule has 3 nitrogen and oxygen atoms in total. The van der Waals surface area contributed by atoms with E-state index in [2.05, 4.69) is 303 Å². The van der Waals surface area contributed by atoms with Crippen molar-refractivity contribution < 1.29 is 0 Å². The van der Waals surface area contributed by atoms with Crippen molar-refractivity contribution in [2.75, 3.05) is 0 Å². The Hall–Kier alpha value is -9.96. The third-order valence-corrected chi connectivity index (χ3v) is 21.3. The van der Waals surface area contributed by atoms with Crippen molar-refractivity contribution in [3.05, 3.63) is 305 Å². The summed E-state index contributed by atoms with van der Waals surface area (Å²) in [5, 5.41) is 7.44. The number of para-hydroxylation sites is 3. The monoisotopic (exact) mass is 1130 g/mol. The zero-order valence-corrected chi connectivity index (χ0v) is 50.8. The molecule has 17 rings (SSSR count). The van der Waals surface area contributed by atoms with E-state index in [1.54, 1.807) is 0 Å². The van der Waals surface area contributed by atoms with Crippen molar-refractivity contribution in [2.24, 2.45) is 0 Å². The van der Waals surface area contributed by atoms with Gasteiger partial charge >= 0.3 is 0 Å². The molecule has 0 spiro atoms. The van der Waals surface area contributed by atoms with Gasteiger partial charge in [-0.25, -0.2) is 0 Å². The number of rotatable bonds is 12. The molecule has 424 valence electrons. The van der Waals surface area contributed by atoms with Gasteiger partial charge in [-0.15, -0.1) is 0 Å². The second-order valence-corrected chi connectivity index (χ2v) is 25.7. The molecule has 3 heteroatoms. The molecule has 2 unspecified atom stereocenters. The summed E-state index contributed by atoms with van der Waals surface area (Å²) in [6, 6.07) is 97.1. The molecule has 0 saturated carbocycles. The summed E-state index contributed by atoms with van der Waals surface area (Å²) >= 11 is 0. The van der Waals surface area contributed by atoms with Crippen LogP contribution in [0.4, 0.5) is 0 Å². The number of hydrogen-bond donors (Lipinski definition) is 0. The molecule has 3 aromatic heterocycles. The quantitative estimate of drug-likeness (QED) is 0.116. The summed E-state index contributed by atoms with van der Waals surface area (Å²) in [5.74, 6) is 0. The Balaban J connectivity index is 0.870. The molecule has 0 radical (unpaired) electrons. The highest BCUT2D eigenvalue weighted by atomic mass is 15.0. The lowest BCUT2D eigenvalue weighted by Crippen LogP contribution is -2.25. The first kappa shape index (κ1) is 52.4. The maximum Gasteiger partial charge on any atom is 0.0641 e. The largest absolute Gasteiger partial charge is 0.309 e. The molecule has 3 heterocycles. The minimum atomic E-state index is -0.256. The van der Waals surface area contributed by atoms with E-state index >= 15 is 0 Å². The van der Waals surface area contributed by atoms with E-state index in [1.165, 1.54) is 174 Å². The van der Waals surface area contributed by atoms with E-state index in [4.69, 9.17) is 0 Å². The lowest BCUT2D eigenvalue weighted by Gasteiger charge is -2.34. The fraction of sp³-hybridized carbons (Fsp3) is 0.153. The van der Waals surface area contributed by atoms with E-state index < -0.39 is 0 Å². The topological polar surface area (TPSA) is 14.8 Å². The van der Waals surface area contributed by atoms with Gasteiger partial charge in [-0.05, 0) is 202 Å². The average Bonchev–Trinajstić information content (AvgIpc) is 1.54. The molecule has 2 atom stereocenters. The highest BCUT2D eigenvalue weighted by molar-refractivity contribution is 6.26. The van der Waals surface area contributed by atoms with Crippen LogP contribution in [-0.4, -0.2) is 13.7 Å². The second-order valence-electron chi connectivity index (χ2n) is 25.7. The first-order valence-corrected chi connectivity index (χ1v) is 31.9. The molecular formula is C85H69N3. The molecule has 0 fully saturated rings. The Kier molecular flexibility index (Phi) is 11.9. The number of nitrogens with zero attached hydrogens (tertiary/aromatic N) is 3. The maximum atomic E-state index is 2.63. The van der Waals surface area contributed by atoms with Crippen LogP contribution >= 0.6 is 0 Å². The van der Waals surface area contributed by atoms with Crippen LogP contribution in [0.3, 0.4) is 0 Å². The van der Waals surface area contributed by atoms with Crippen molar-refractivity contribution in [1.29, 1.82) is 0 Å². The first-order valence-electron chi connectivity index (χ1n) is 31.9. The van der Waals surface area contributed by atoms with Crippen molar-refractivity contribution in [2.45, 2.75) is 84.0 Å². The number of benzene rings is 12.